The van der Waals surface area contributed by atoms with Gasteiger partial charge in [0.05, 0.1) is 11.5 Å². The Balaban J connectivity index is 1.67. The molecule has 0 saturated carbocycles. The van der Waals surface area contributed by atoms with E-state index < -0.39 is 21.8 Å². The van der Waals surface area contributed by atoms with Crippen LogP contribution in [0.5, 0.6) is 5.75 Å². The van der Waals surface area contributed by atoms with Gasteiger partial charge >= 0.3 is 0 Å². The molecular weight excluding hydrogens is 431 g/mol. The van der Waals surface area contributed by atoms with Gasteiger partial charge in [0, 0.05) is 37.9 Å². The van der Waals surface area contributed by atoms with Crippen molar-refractivity contribution in [3.8, 4) is 5.75 Å². The van der Waals surface area contributed by atoms with Crippen LogP contribution in [0.15, 0.2) is 48.5 Å². The number of aliphatic hydroxyl groups is 1. The highest BCUT2D eigenvalue weighted by atomic mass is 32.2. The molecular formula is C24H33FN2O4S. The molecule has 1 N–H and O–H groups in total. The van der Waals surface area contributed by atoms with E-state index in [1.165, 1.54) is 12.1 Å². The van der Waals surface area contributed by atoms with E-state index in [4.69, 9.17) is 4.74 Å². The number of hydrogen-bond donors (Lipinski definition) is 1. The molecule has 2 unspecified atom stereocenters. The first-order valence-electron chi connectivity index (χ1n) is 11.1. The molecule has 2 aromatic rings. The number of benzene rings is 2. The monoisotopic (exact) mass is 464 g/mol. The van der Waals surface area contributed by atoms with E-state index in [0.29, 0.717) is 13.0 Å². The molecule has 0 radical (unpaired) electrons. The van der Waals surface area contributed by atoms with Crippen molar-refractivity contribution in [2.45, 2.75) is 39.0 Å². The summed E-state index contributed by atoms with van der Waals surface area (Å²) >= 11 is 0. The smallest absolute Gasteiger partial charge is 0.165 e. The van der Waals surface area contributed by atoms with Crippen LogP contribution in [0.3, 0.4) is 0 Å². The molecule has 3 rings (SSSR count). The number of rotatable bonds is 11. The summed E-state index contributed by atoms with van der Waals surface area (Å²) in [5, 5.41) is 10.6. The molecule has 0 spiro atoms. The Morgan fingerprint density at radius 1 is 1.12 bits per heavy atom. The van der Waals surface area contributed by atoms with Gasteiger partial charge in [0.15, 0.2) is 21.4 Å². The van der Waals surface area contributed by atoms with Gasteiger partial charge < -0.3 is 14.7 Å². The number of ether oxygens (including phenoxy) is 1. The standard InChI is InChI=1S/C24H33FN2O4S/c1-3-26(4-2)20-11-9-19(10-12-20)15-27(21-13-14-32(29,30)18-21)16-22(28)17-31-24-8-6-5-7-23(24)25/h5-12,21-22,28H,3-4,13-18H2,1-2H3. The predicted molar refractivity (Wildman–Crippen MR) is 125 cm³/mol. The van der Waals surface area contributed by atoms with Crippen molar-refractivity contribution < 1.29 is 22.7 Å². The molecule has 1 fully saturated rings. The number of sulfone groups is 1. The number of para-hydroxylation sites is 1. The number of anilines is 1. The number of halogens is 1. The molecule has 6 nitrogen and oxygen atoms in total. The minimum Gasteiger partial charge on any atom is -0.488 e. The van der Waals surface area contributed by atoms with E-state index in [0.717, 1.165) is 24.3 Å². The third kappa shape index (κ3) is 6.67. The van der Waals surface area contributed by atoms with Gasteiger partial charge in [0.2, 0.25) is 0 Å². The lowest BCUT2D eigenvalue weighted by Gasteiger charge is -2.30. The van der Waals surface area contributed by atoms with Crippen LogP contribution in [0.25, 0.3) is 0 Å². The molecule has 8 heteroatoms. The molecule has 176 valence electrons. The average Bonchev–Trinajstić information content (AvgIpc) is 3.14. The Kier molecular flexibility index (Phi) is 8.51. The van der Waals surface area contributed by atoms with Gasteiger partial charge in [-0.2, -0.15) is 0 Å². The summed E-state index contributed by atoms with van der Waals surface area (Å²) in [7, 11) is -3.06. The Hall–Kier alpha value is -2.16. The topological polar surface area (TPSA) is 70.1 Å². The summed E-state index contributed by atoms with van der Waals surface area (Å²) in [6.45, 7) is 6.78. The molecule has 0 aromatic heterocycles. The molecule has 1 saturated heterocycles. The van der Waals surface area contributed by atoms with Crippen molar-refractivity contribution >= 4 is 15.5 Å². The minimum absolute atomic E-state index is 0.0716. The summed E-state index contributed by atoms with van der Waals surface area (Å²) < 4.78 is 43.3. The highest BCUT2D eigenvalue weighted by Crippen LogP contribution is 2.22. The lowest BCUT2D eigenvalue weighted by atomic mass is 10.1. The largest absolute Gasteiger partial charge is 0.488 e. The first-order chi connectivity index (χ1) is 15.3. The summed E-state index contributed by atoms with van der Waals surface area (Å²) in [5.74, 6) is -0.136. The number of aliphatic hydroxyl groups excluding tert-OH is 1. The van der Waals surface area contributed by atoms with Gasteiger partial charge in [-0.15, -0.1) is 0 Å². The van der Waals surface area contributed by atoms with Crippen LogP contribution >= 0.6 is 0 Å². The van der Waals surface area contributed by atoms with Gasteiger partial charge in [-0.25, -0.2) is 12.8 Å². The van der Waals surface area contributed by atoms with E-state index in [-0.39, 0.29) is 36.4 Å². The minimum atomic E-state index is -3.06. The molecule has 1 heterocycles. The first kappa shape index (κ1) is 24.5. The van der Waals surface area contributed by atoms with Gasteiger partial charge in [0.25, 0.3) is 0 Å². The highest BCUT2D eigenvalue weighted by molar-refractivity contribution is 7.91. The molecule has 0 bridgehead atoms. The Bertz CT molecular complexity index is 964. The lowest BCUT2D eigenvalue weighted by molar-refractivity contribution is 0.0513. The summed E-state index contributed by atoms with van der Waals surface area (Å²) in [5.41, 5.74) is 2.19. The lowest BCUT2D eigenvalue weighted by Crippen LogP contribution is -2.42. The van der Waals surface area contributed by atoms with E-state index in [9.17, 15) is 17.9 Å². The van der Waals surface area contributed by atoms with Crippen molar-refractivity contribution in [3.05, 3.63) is 59.9 Å². The van der Waals surface area contributed by atoms with E-state index in [1.807, 2.05) is 17.0 Å². The fourth-order valence-corrected chi connectivity index (χ4v) is 5.87. The second-order valence-electron chi connectivity index (χ2n) is 8.22. The Labute approximate surface area is 190 Å². The quantitative estimate of drug-likeness (QED) is 0.551. The van der Waals surface area contributed by atoms with Crippen molar-refractivity contribution in [1.29, 1.82) is 0 Å². The second-order valence-corrected chi connectivity index (χ2v) is 10.4. The average molecular weight is 465 g/mol. The molecule has 1 aliphatic rings. The molecule has 32 heavy (non-hydrogen) atoms. The summed E-state index contributed by atoms with van der Waals surface area (Å²) in [6, 6.07) is 14.1. The zero-order valence-electron chi connectivity index (χ0n) is 18.8. The summed E-state index contributed by atoms with van der Waals surface area (Å²) in [4.78, 5) is 4.27. The van der Waals surface area contributed by atoms with Crippen LogP contribution < -0.4 is 9.64 Å². The van der Waals surface area contributed by atoms with Crippen molar-refractivity contribution in [1.82, 2.24) is 4.90 Å². The molecule has 2 atom stereocenters. The van der Waals surface area contributed by atoms with Gasteiger partial charge in [0.1, 0.15) is 12.7 Å². The predicted octanol–water partition coefficient (Wildman–Crippen LogP) is 3.10. The zero-order chi connectivity index (χ0) is 23.1. The van der Waals surface area contributed by atoms with Crippen LogP contribution in [-0.4, -0.2) is 68.3 Å². The summed E-state index contributed by atoms with van der Waals surface area (Å²) in [6.07, 6.45) is -0.339. The van der Waals surface area contributed by atoms with Gasteiger partial charge in [-0.05, 0) is 50.1 Å². The highest BCUT2D eigenvalue weighted by Gasteiger charge is 2.33. The molecule has 0 aliphatic carbocycles. The SMILES string of the molecule is CCN(CC)c1ccc(CN(CC(O)COc2ccccc2F)C2CCS(=O)(=O)C2)cc1. The van der Waals surface area contributed by atoms with E-state index in [1.54, 1.807) is 12.1 Å². The maximum Gasteiger partial charge on any atom is 0.165 e. The normalized spacial score (nSPS) is 18.6. The van der Waals surface area contributed by atoms with Crippen LogP contribution in [0.1, 0.15) is 25.8 Å². The maximum absolute atomic E-state index is 13.8. The van der Waals surface area contributed by atoms with Crippen LogP contribution in [0, 0.1) is 5.82 Å². The third-order valence-corrected chi connectivity index (χ3v) is 7.64. The Morgan fingerprint density at radius 3 is 2.41 bits per heavy atom. The third-order valence-electron chi connectivity index (χ3n) is 5.89. The van der Waals surface area contributed by atoms with Crippen LogP contribution in [-0.2, 0) is 16.4 Å². The fraction of sp³-hybridized carbons (Fsp3) is 0.500. The van der Waals surface area contributed by atoms with E-state index >= 15 is 0 Å². The van der Waals surface area contributed by atoms with E-state index in [2.05, 4.69) is 30.9 Å². The van der Waals surface area contributed by atoms with Crippen LogP contribution in [0.2, 0.25) is 0 Å². The zero-order valence-corrected chi connectivity index (χ0v) is 19.6. The molecule has 0 amide bonds. The first-order valence-corrected chi connectivity index (χ1v) is 13.0. The fourth-order valence-electron chi connectivity index (χ4n) is 4.11. The number of nitrogens with zero attached hydrogens (tertiary/aromatic N) is 2. The van der Waals surface area contributed by atoms with Crippen molar-refractivity contribution in [2.75, 3.05) is 42.6 Å². The Morgan fingerprint density at radius 2 is 1.81 bits per heavy atom. The van der Waals surface area contributed by atoms with Crippen molar-refractivity contribution in [2.24, 2.45) is 0 Å². The second kappa shape index (κ2) is 11.1. The molecule has 2 aromatic carbocycles. The van der Waals surface area contributed by atoms with Gasteiger partial charge in [-0.1, -0.05) is 24.3 Å². The van der Waals surface area contributed by atoms with Crippen LogP contribution in [0.4, 0.5) is 10.1 Å². The van der Waals surface area contributed by atoms with Crippen molar-refractivity contribution in [3.63, 3.8) is 0 Å². The molecule has 1 aliphatic heterocycles. The number of hydrogen-bond acceptors (Lipinski definition) is 6. The van der Waals surface area contributed by atoms with Gasteiger partial charge in [-0.3, -0.25) is 4.90 Å². The maximum atomic E-state index is 13.8.